The number of nitrogens with zero attached hydrogens (tertiary/aromatic N) is 4. The van der Waals surface area contributed by atoms with E-state index in [0.717, 1.165) is 6.92 Å². The van der Waals surface area contributed by atoms with E-state index >= 15 is 0 Å². The summed E-state index contributed by atoms with van der Waals surface area (Å²) in [7, 11) is 2.66. The van der Waals surface area contributed by atoms with Crippen LogP contribution in [0.4, 0.5) is 43.9 Å². The number of halogens is 14. The normalized spacial score (nSPS) is 9.82. The Hall–Kier alpha value is -6.79. The lowest BCUT2D eigenvalue weighted by atomic mass is 10.4. The van der Waals surface area contributed by atoms with E-state index in [0.29, 0.717) is 15.8 Å². The fraction of sp³-hybridized carbons (Fsp3) is 0.244. The van der Waals surface area contributed by atoms with Gasteiger partial charge in [-0.3, -0.25) is 14.4 Å². The number of hydrogen-bond acceptors (Lipinski definition) is 15. The Morgan fingerprint density at radius 1 is 0.616 bits per heavy atom. The first-order valence-electron chi connectivity index (χ1n) is 19.4. The second-order valence-corrected chi connectivity index (χ2v) is 13.6. The van der Waals surface area contributed by atoms with E-state index < -0.39 is 55.9 Å². The summed E-state index contributed by atoms with van der Waals surface area (Å²) in [5, 5.41) is 16.2. The zero-order chi connectivity index (χ0) is 56.8. The minimum absolute atomic E-state index is 0.0224. The number of aliphatic carboxylic acids is 1. The third kappa shape index (κ3) is 34.3. The fourth-order valence-corrected chi connectivity index (χ4v) is 4.52. The number of pyridine rings is 6. The van der Waals surface area contributed by atoms with Crippen molar-refractivity contribution in [1.29, 1.82) is 0 Å². The maximum Gasteiger partial charge on any atom is 0.387 e. The van der Waals surface area contributed by atoms with Crippen molar-refractivity contribution in [3.05, 3.63) is 138 Å². The highest BCUT2D eigenvalue weighted by molar-refractivity contribution is 9.10. The molecule has 6 aromatic rings. The van der Waals surface area contributed by atoms with E-state index in [-0.39, 0.29) is 50.8 Å². The number of aromatic nitrogens is 6. The highest BCUT2D eigenvalue weighted by Gasteiger charge is 2.13. The molecule has 73 heavy (non-hydrogen) atoms. The Bertz CT molecular complexity index is 2570. The third-order valence-corrected chi connectivity index (χ3v) is 7.53. The largest absolute Gasteiger partial charge is 0.505 e. The summed E-state index contributed by atoms with van der Waals surface area (Å²) in [6.45, 7) is -11.2. The van der Waals surface area contributed by atoms with Gasteiger partial charge in [-0.1, -0.05) is 37.0 Å². The van der Waals surface area contributed by atoms with Gasteiger partial charge >= 0.3 is 33.1 Å². The molecule has 0 aliphatic heterocycles. The lowest BCUT2D eigenvalue weighted by Crippen LogP contribution is -2.13. The second-order valence-electron chi connectivity index (χ2n) is 11.1. The lowest BCUT2D eigenvalue weighted by molar-refractivity contribution is -0.134. The molecule has 0 amide bonds. The minimum atomic E-state index is -2.99. The van der Waals surface area contributed by atoms with Gasteiger partial charge in [0.25, 0.3) is 28.8 Å². The topological polar surface area (TPSA) is 239 Å². The number of H-pyrrole nitrogens is 2. The number of alkyl halides is 10. The smallest absolute Gasteiger partial charge is 0.387 e. The molecule has 404 valence electrons. The number of aromatic hydroxyl groups is 1. The van der Waals surface area contributed by atoms with Crippen LogP contribution in [-0.4, -0.2) is 93.4 Å². The molecule has 0 spiro atoms. The summed E-state index contributed by atoms with van der Waals surface area (Å²) in [4.78, 5) is 49.3. The Balaban J connectivity index is 0. The average molecular weight is 1230 g/mol. The molecule has 0 unspecified atom stereocenters. The number of aromatic amines is 2. The van der Waals surface area contributed by atoms with Gasteiger partial charge in [-0.25, -0.2) is 19.9 Å². The molecule has 6 heterocycles. The number of carbonyl (C=O) groups is 1. The highest BCUT2D eigenvalue weighted by Crippen LogP contribution is 2.29. The van der Waals surface area contributed by atoms with Crippen molar-refractivity contribution in [2.75, 3.05) is 14.2 Å². The van der Waals surface area contributed by atoms with Gasteiger partial charge in [0, 0.05) is 66.6 Å². The first-order valence-corrected chi connectivity index (χ1v) is 21.0. The summed E-state index contributed by atoms with van der Waals surface area (Å²) in [6, 6.07) is 13.8. The zero-order valence-electron chi connectivity index (χ0n) is 38.4. The maximum atomic E-state index is 11.8. The molecule has 32 heteroatoms. The van der Waals surface area contributed by atoms with Crippen LogP contribution in [-0.2, 0) is 4.79 Å². The first kappa shape index (κ1) is 66.2. The van der Waals surface area contributed by atoms with Crippen molar-refractivity contribution in [1.82, 2.24) is 29.9 Å². The van der Waals surface area contributed by atoms with Gasteiger partial charge in [0.05, 0.1) is 14.2 Å². The summed E-state index contributed by atoms with van der Waals surface area (Å²) >= 11 is 16.8. The van der Waals surface area contributed by atoms with Gasteiger partial charge in [0.2, 0.25) is 0 Å². The molecule has 0 aliphatic rings. The number of carboxylic acid groups (broad SMARTS) is 1. The Morgan fingerprint density at radius 3 is 1.48 bits per heavy atom. The van der Waals surface area contributed by atoms with Gasteiger partial charge in [0.15, 0.2) is 44.8 Å². The predicted octanol–water partition coefficient (Wildman–Crippen LogP) is 11.8. The van der Waals surface area contributed by atoms with Gasteiger partial charge in [-0.2, -0.15) is 43.9 Å². The van der Waals surface area contributed by atoms with Gasteiger partial charge in [-0.05, 0) is 80.4 Å². The Labute approximate surface area is 434 Å². The van der Waals surface area contributed by atoms with Crippen LogP contribution in [0.2, 0.25) is 10.3 Å². The van der Waals surface area contributed by atoms with Crippen molar-refractivity contribution in [2.24, 2.45) is 0 Å². The predicted molar refractivity (Wildman–Crippen MR) is 249 cm³/mol. The molecule has 0 atom stereocenters. The molecule has 0 saturated carbocycles. The summed E-state index contributed by atoms with van der Waals surface area (Å²) in [6.07, 6.45) is 8.43. The number of ether oxygens (including phenoxy) is 7. The molecule has 0 aliphatic carbocycles. The molecule has 0 fully saturated rings. The van der Waals surface area contributed by atoms with Crippen molar-refractivity contribution in [3.8, 4) is 46.3 Å². The van der Waals surface area contributed by atoms with Crippen molar-refractivity contribution >= 4 is 61.0 Å². The first-order chi connectivity index (χ1) is 34.8. The molecule has 6 rings (SSSR count). The van der Waals surface area contributed by atoms with Crippen LogP contribution in [0.1, 0.15) is 22.1 Å². The van der Waals surface area contributed by atoms with Crippen LogP contribution < -0.4 is 44.3 Å². The number of carboxylic acids is 1. The summed E-state index contributed by atoms with van der Waals surface area (Å²) in [5.41, 5.74) is -1.34. The van der Waals surface area contributed by atoms with Gasteiger partial charge in [0.1, 0.15) is 0 Å². The number of nitrogens with one attached hydrogen (secondary N) is 2. The van der Waals surface area contributed by atoms with E-state index in [1.807, 2.05) is 0 Å². The average Bonchev–Trinajstić information content (AvgIpc) is 3.31. The van der Waals surface area contributed by atoms with Crippen molar-refractivity contribution in [2.45, 2.75) is 53.8 Å². The molecule has 0 bridgehead atoms. The van der Waals surface area contributed by atoms with E-state index in [9.17, 15) is 53.5 Å². The quantitative estimate of drug-likeness (QED) is 0.0658. The maximum absolute atomic E-state index is 11.8. The Morgan fingerprint density at radius 2 is 1.01 bits per heavy atom. The fourth-order valence-electron chi connectivity index (χ4n) is 3.61. The second kappa shape index (κ2) is 39.8. The van der Waals surface area contributed by atoms with Crippen molar-refractivity contribution < 1.29 is 93.4 Å². The van der Waals surface area contributed by atoms with E-state index in [1.54, 1.807) is 13.0 Å². The molecule has 0 saturated heterocycles. The molecule has 4 N–H and O–H groups in total. The summed E-state index contributed by atoms with van der Waals surface area (Å²) < 4.78 is 153. The molecule has 6 aromatic heterocycles. The third-order valence-electron chi connectivity index (χ3n) is 6.07. The van der Waals surface area contributed by atoms with Gasteiger partial charge in [-0.15, -0.1) is 0 Å². The van der Waals surface area contributed by atoms with E-state index in [2.05, 4.69) is 90.2 Å². The molecular weight excluding hydrogens is 1190 g/mol. The summed E-state index contributed by atoms with van der Waals surface area (Å²) in [5.74, 6) is -1.76. The monoisotopic (exact) mass is 1230 g/mol. The van der Waals surface area contributed by atoms with Crippen LogP contribution in [0.5, 0.6) is 46.3 Å². The number of methoxy groups -OCH3 is 2. The van der Waals surface area contributed by atoms with Gasteiger partial charge < -0.3 is 53.3 Å². The van der Waals surface area contributed by atoms with Crippen LogP contribution in [0, 0.1) is 0 Å². The number of hydrogen-bond donors (Lipinski definition) is 4. The van der Waals surface area contributed by atoms with Crippen LogP contribution in [0.25, 0.3) is 0 Å². The van der Waals surface area contributed by atoms with Crippen LogP contribution in [0.3, 0.4) is 0 Å². The van der Waals surface area contributed by atoms with E-state index in [4.69, 9.17) is 44.3 Å². The highest BCUT2D eigenvalue weighted by atomic mass is 79.9. The lowest BCUT2D eigenvalue weighted by Gasteiger charge is -2.08. The molecule has 0 aromatic carbocycles. The van der Waals surface area contributed by atoms with Crippen LogP contribution in [0.15, 0.2) is 116 Å². The van der Waals surface area contributed by atoms with E-state index in [1.165, 1.54) is 106 Å². The SMILES string of the molecule is CC(=O)O.COc1ncc(Br)cc1OC(F)F.COc1ncccc1OC(F)F.FC(F)Oc1cccnc1Cl.O=c1[nH]cc(Br)cc1OC(F)F.O=c1[nH]cccc1OC(F)F.Oc1cccnc1Cl.[2H]CC. The van der Waals surface area contributed by atoms with Crippen molar-refractivity contribution in [3.63, 3.8) is 0 Å². The zero-order valence-corrected chi connectivity index (χ0v) is 42.1. The minimum Gasteiger partial charge on any atom is -0.505 e. The number of rotatable bonds is 12. The molecular formula is C41H40Br2Cl2F10N6O12. The molecule has 0 radical (unpaired) electrons. The molecule has 18 nitrogen and oxygen atoms in total. The van der Waals surface area contributed by atoms with Crippen LogP contribution >= 0.6 is 55.1 Å². The standard InChI is InChI=1S/C7H6BrF2NO2.C7H7F2NO2.C6H4BrF2NO2.C6H4ClF2NO.C6H5F2NO2.C5H4ClNO.C2H4O2.C2H6/c1-12-6-5(13-7(9)10)2-4(8)3-11-6;1-11-6-5(12-7(8)9)3-2-4-10-6;7-3-1-4(12-6(8)9)5(11)10-2-3;7-5-4(11-6(8)9)2-1-3-10-5;7-6(8)11-4-2-1-3-9-5(4)10;6-5-4(8)2-1-3-7-5;1-2(3)4;1-2/h2-3,7H,1H3;2-4,7H,1H3;1-2,6H,(H,10,11);1-3,6H;1-3,6H,(H,9,10);1-3,8H;1H3,(H,3,4);1-2H3/i;;;;;;;1D. The Kier molecular flexibility index (Phi) is 36.1.